The molecule has 0 bridgehead atoms. The number of hydrogen-bond acceptors (Lipinski definition) is 5. The molecule has 0 aliphatic carbocycles. The molecule has 144 valence electrons. The predicted octanol–water partition coefficient (Wildman–Crippen LogP) is 1.79. The molecule has 0 spiro atoms. The number of carbonyl (C=O) groups is 1. The number of hydrogen-bond donors (Lipinski definition) is 3. The van der Waals surface area contributed by atoms with Crippen molar-refractivity contribution in [2.24, 2.45) is 0 Å². The lowest BCUT2D eigenvalue weighted by molar-refractivity contribution is -0.147. The molecule has 3 rings (SSSR count). The summed E-state index contributed by atoms with van der Waals surface area (Å²) in [5.74, 6) is -1.92. The van der Waals surface area contributed by atoms with E-state index in [0.717, 1.165) is 12.1 Å². The normalized spacial score (nSPS) is 17.6. The average molecular weight is 395 g/mol. The van der Waals surface area contributed by atoms with Crippen LogP contribution in [-0.4, -0.2) is 37.8 Å². The molecule has 9 heteroatoms. The number of rotatable bonds is 6. The van der Waals surface area contributed by atoms with Gasteiger partial charge in [-0.1, -0.05) is 18.2 Å². The standard InChI is InChI=1S/C18H18FNO6S/c19-12-4-6-13(7-5-12)27(24,25)20-10-11-8-9-26-17-14(11)2-1-3-15(17)16(21)18(22)23/h1-7,11,16,20-21H,8-10H2,(H,22,23). The first-order valence-electron chi connectivity index (χ1n) is 8.21. The molecule has 0 saturated carbocycles. The summed E-state index contributed by atoms with van der Waals surface area (Å²) in [6.45, 7) is 0.321. The van der Waals surface area contributed by atoms with E-state index in [9.17, 15) is 22.7 Å². The average Bonchev–Trinajstić information content (AvgIpc) is 2.65. The van der Waals surface area contributed by atoms with E-state index in [4.69, 9.17) is 9.84 Å². The fraction of sp³-hybridized carbons (Fsp3) is 0.278. The lowest BCUT2D eigenvalue weighted by Gasteiger charge is -2.28. The van der Waals surface area contributed by atoms with E-state index in [2.05, 4.69) is 4.72 Å². The van der Waals surface area contributed by atoms with Crippen LogP contribution in [0, 0.1) is 5.82 Å². The highest BCUT2D eigenvalue weighted by molar-refractivity contribution is 7.89. The van der Waals surface area contributed by atoms with Crippen LogP contribution in [0.2, 0.25) is 0 Å². The van der Waals surface area contributed by atoms with Gasteiger partial charge in [0.2, 0.25) is 10.0 Å². The third kappa shape index (κ3) is 4.10. The maximum atomic E-state index is 13.0. The van der Waals surface area contributed by atoms with Crippen LogP contribution in [0.5, 0.6) is 5.75 Å². The highest BCUT2D eigenvalue weighted by atomic mass is 32.2. The number of carboxylic acid groups (broad SMARTS) is 1. The number of benzene rings is 2. The van der Waals surface area contributed by atoms with Crippen LogP contribution in [0.4, 0.5) is 4.39 Å². The Kier molecular flexibility index (Phi) is 5.45. The predicted molar refractivity (Wildman–Crippen MR) is 93.5 cm³/mol. The summed E-state index contributed by atoms with van der Waals surface area (Å²) < 4.78 is 45.8. The summed E-state index contributed by atoms with van der Waals surface area (Å²) in [5, 5.41) is 18.9. The van der Waals surface area contributed by atoms with Crippen LogP contribution in [0.1, 0.15) is 29.6 Å². The first kappa shape index (κ1) is 19.3. The van der Waals surface area contributed by atoms with Gasteiger partial charge in [-0.25, -0.2) is 22.3 Å². The summed E-state index contributed by atoms with van der Waals surface area (Å²) >= 11 is 0. The molecule has 0 radical (unpaired) electrons. The van der Waals surface area contributed by atoms with Gasteiger partial charge < -0.3 is 14.9 Å². The number of carboxylic acids is 1. The van der Waals surface area contributed by atoms with Crippen molar-refractivity contribution in [1.82, 2.24) is 4.72 Å². The third-order valence-corrected chi connectivity index (χ3v) is 5.84. The number of halogens is 1. The number of sulfonamides is 1. The van der Waals surface area contributed by atoms with Gasteiger partial charge in [-0.2, -0.15) is 0 Å². The van der Waals surface area contributed by atoms with Gasteiger partial charge in [0, 0.05) is 18.0 Å². The molecule has 7 nitrogen and oxygen atoms in total. The Bertz CT molecular complexity index is 945. The third-order valence-electron chi connectivity index (χ3n) is 4.40. The van der Waals surface area contributed by atoms with E-state index >= 15 is 0 Å². The fourth-order valence-corrected chi connectivity index (χ4v) is 4.07. The van der Waals surface area contributed by atoms with Gasteiger partial charge in [0.1, 0.15) is 11.6 Å². The number of aliphatic carboxylic acids is 1. The molecule has 1 aliphatic heterocycles. The van der Waals surface area contributed by atoms with Gasteiger partial charge in [-0.3, -0.25) is 0 Å². The molecule has 0 saturated heterocycles. The summed E-state index contributed by atoms with van der Waals surface area (Å²) in [6, 6.07) is 9.26. The molecule has 3 N–H and O–H groups in total. The quantitative estimate of drug-likeness (QED) is 0.687. The molecule has 27 heavy (non-hydrogen) atoms. The Balaban J connectivity index is 1.81. The van der Waals surface area contributed by atoms with Crippen LogP contribution in [-0.2, 0) is 14.8 Å². The van der Waals surface area contributed by atoms with Crippen molar-refractivity contribution in [2.45, 2.75) is 23.3 Å². The van der Waals surface area contributed by atoms with Crippen LogP contribution in [0.25, 0.3) is 0 Å². The van der Waals surface area contributed by atoms with Crippen molar-refractivity contribution >= 4 is 16.0 Å². The van der Waals surface area contributed by atoms with E-state index in [1.54, 1.807) is 12.1 Å². The van der Waals surface area contributed by atoms with Gasteiger partial charge in [0.05, 0.1) is 11.5 Å². The molecule has 0 aromatic heterocycles. The Morgan fingerprint density at radius 3 is 2.63 bits per heavy atom. The number of ether oxygens (including phenoxy) is 1. The summed E-state index contributed by atoms with van der Waals surface area (Å²) in [4.78, 5) is 11.0. The monoisotopic (exact) mass is 395 g/mol. The van der Waals surface area contributed by atoms with Crippen LogP contribution in [0.3, 0.4) is 0 Å². The summed E-state index contributed by atoms with van der Waals surface area (Å²) in [7, 11) is -3.82. The fourth-order valence-electron chi connectivity index (χ4n) is 2.99. The molecule has 0 fully saturated rings. The molecule has 0 amide bonds. The van der Waals surface area contributed by atoms with Gasteiger partial charge in [0.25, 0.3) is 0 Å². The van der Waals surface area contributed by atoms with Crippen LogP contribution in [0.15, 0.2) is 47.4 Å². The van der Waals surface area contributed by atoms with E-state index in [0.29, 0.717) is 12.0 Å². The number of aliphatic hydroxyl groups is 1. The van der Waals surface area contributed by atoms with Crippen LogP contribution >= 0.6 is 0 Å². The highest BCUT2D eigenvalue weighted by Crippen LogP contribution is 2.38. The lowest BCUT2D eigenvalue weighted by atomic mass is 9.90. The van der Waals surface area contributed by atoms with Gasteiger partial charge in [0.15, 0.2) is 6.10 Å². The number of para-hydroxylation sites is 1. The van der Waals surface area contributed by atoms with Crippen molar-refractivity contribution in [3.8, 4) is 5.75 Å². The zero-order valence-electron chi connectivity index (χ0n) is 14.1. The Hall–Kier alpha value is -2.49. The molecule has 2 aromatic carbocycles. The Morgan fingerprint density at radius 1 is 1.26 bits per heavy atom. The topological polar surface area (TPSA) is 113 Å². The molecular weight excluding hydrogens is 377 g/mol. The maximum absolute atomic E-state index is 13.0. The lowest BCUT2D eigenvalue weighted by Crippen LogP contribution is -2.31. The van der Waals surface area contributed by atoms with E-state index in [1.165, 1.54) is 18.2 Å². The van der Waals surface area contributed by atoms with Crippen molar-refractivity contribution < 1.29 is 32.6 Å². The van der Waals surface area contributed by atoms with Crippen molar-refractivity contribution in [1.29, 1.82) is 0 Å². The zero-order valence-corrected chi connectivity index (χ0v) is 14.9. The largest absolute Gasteiger partial charge is 0.493 e. The van der Waals surface area contributed by atoms with Crippen LogP contribution < -0.4 is 9.46 Å². The van der Waals surface area contributed by atoms with Gasteiger partial charge >= 0.3 is 5.97 Å². The summed E-state index contributed by atoms with van der Waals surface area (Å²) in [6.07, 6.45) is -1.21. The Labute approximate surface area is 155 Å². The van der Waals surface area contributed by atoms with E-state index in [-0.39, 0.29) is 35.3 Å². The number of nitrogens with one attached hydrogen (secondary N) is 1. The molecule has 2 aromatic rings. The van der Waals surface area contributed by atoms with Gasteiger partial charge in [-0.15, -0.1) is 0 Å². The second kappa shape index (κ2) is 7.63. The minimum absolute atomic E-state index is 0.0498. The minimum atomic E-state index is -3.82. The van der Waals surface area contributed by atoms with Crippen molar-refractivity contribution in [3.63, 3.8) is 0 Å². The summed E-state index contributed by atoms with van der Waals surface area (Å²) in [5.41, 5.74) is 0.756. The van der Waals surface area contributed by atoms with E-state index in [1.807, 2.05) is 0 Å². The molecule has 1 heterocycles. The molecule has 2 atom stereocenters. The smallest absolute Gasteiger partial charge is 0.337 e. The Morgan fingerprint density at radius 2 is 1.96 bits per heavy atom. The molecular formula is C18H18FNO6S. The first-order chi connectivity index (χ1) is 12.8. The second-order valence-corrected chi connectivity index (χ2v) is 7.91. The highest BCUT2D eigenvalue weighted by Gasteiger charge is 2.29. The SMILES string of the molecule is O=C(O)C(O)c1cccc2c1OCCC2CNS(=O)(=O)c1ccc(F)cc1. The molecule has 2 unspecified atom stereocenters. The van der Waals surface area contributed by atoms with Gasteiger partial charge in [-0.05, 0) is 36.2 Å². The van der Waals surface area contributed by atoms with Crippen molar-refractivity contribution in [2.75, 3.05) is 13.2 Å². The maximum Gasteiger partial charge on any atom is 0.337 e. The first-order valence-corrected chi connectivity index (χ1v) is 9.69. The second-order valence-electron chi connectivity index (χ2n) is 6.15. The number of fused-ring (bicyclic) bond motifs is 1. The van der Waals surface area contributed by atoms with E-state index < -0.39 is 27.9 Å². The zero-order chi connectivity index (χ0) is 19.6. The number of aliphatic hydroxyl groups excluding tert-OH is 1. The molecule has 1 aliphatic rings. The van der Waals surface area contributed by atoms with Crippen molar-refractivity contribution in [3.05, 3.63) is 59.4 Å². The minimum Gasteiger partial charge on any atom is -0.493 e.